The third kappa shape index (κ3) is 4.28. The van der Waals surface area contributed by atoms with Gasteiger partial charge in [-0.15, -0.1) is 10.2 Å². The summed E-state index contributed by atoms with van der Waals surface area (Å²) >= 11 is 6.75. The lowest BCUT2D eigenvalue weighted by molar-refractivity contribution is 0.279. The molecule has 0 bridgehead atoms. The van der Waals surface area contributed by atoms with E-state index < -0.39 is 0 Å². The first-order valence-electron chi connectivity index (χ1n) is 7.22. The van der Waals surface area contributed by atoms with Crippen molar-refractivity contribution < 1.29 is 8.81 Å². The smallest absolute Gasteiger partial charge is 0.247 e. The first-order valence-corrected chi connectivity index (χ1v) is 8.80. The van der Waals surface area contributed by atoms with Crippen LogP contribution in [0.4, 0.5) is 4.39 Å². The molecule has 0 aliphatic carbocycles. The third-order valence-electron chi connectivity index (χ3n) is 3.41. The third-order valence-corrected chi connectivity index (χ3v) is 4.43. The molecule has 0 atom stereocenters. The maximum atomic E-state index is 13.8. The second-order valence-corrected chi connectivity index (χ2v) is 7.25. The predicted molar refractivity (Wildman–Crippen MR) is 96.7 cm³/mol. The molecule has 1 heterocycles. The molecule has 3 aromatic rings. The molecule has 0 aliphatic rings. The molecule has 124 valence electrons. The Bertz CT molecular complexity index is 836. The van der Waals surface area contributed by atoms with Crippen molar-refractivity contribution in [2.75, 3.05) is 7.05 Å². The van der Waals surface area contributed by atoms with Crippen molar-refractivity contribution in [2.45, 2.75) is 13.1 Å². The second-order valence-electron chi connectivity index (χ2n) is 5.42. The summed E-state index contributed by atoms with van der Waals surface area (Å²) in [5.74, 6) is 0.733. The van der Waals surface area contributed by atoms with Crippen molar-refractivity contribution in [3.63, 3.8) is 0 Å². The Morgan fingerprint density at radius 3 is 2.46 bits per heavy atom. The van der Waals surface area contributed by atoms with Gasteiger partial charge in [-0.05, 0) is 49.5 Å². The average Bonchev–Trinajstić information content (AvgIpc) is 3.00. The fourth-order valence-corrected chi connectivity index (χ4v) is 2.94. The van der Waals surface area contributed by atoms with E-state index in [9.17, 15) is 4.39 Å². The van der Waals surface area contributed by atoms with Crippen LogP contribution < -0.4 is 0 Å². The summed E-state index contributed by atoms with van der Waals surface area (Å²) in [5.41, 5.74) is 1.47. The fourth-order valence-electron chi connectivity index (χ4n) is 2.27. The molecule has 4 nitrogen and oxygen atoms in total. The van der Waals surface area contributed by atoms with Gasteiger partial charge in [0.15, 0.2) is 0 Å². The van der Waals surface area contributed by atoms with Crippen LogP contribution >= 0.6 is 31.9 Å². The van der Waals surface area contributed by atoms with Gasteiger partial charge < -0.3 is 4.42 Å². The minimum absolute atomic E-state index is 0.230. The number of nitrogens with zero attached hydrogens (tertiary/aromatic N) is 3. The van der Waals surface area contributed by atoms with E-state index >= 15 is 0 Å². The van der Waals surface area contributed by atoms with E-state index in [0.717, 1.165) is 14.5 Å². The summed E-state index contributed by atoms with van der Waals surface area (Å²) in [7, 11) is 1.88. The highest BCUT2D eigenvalue weighted by Crippen LogP contribution is 2.21. The lowest BCUT2D eigenvalue weighted by Crippen LogP contribution is -2.18. The van der Waals surface area contributed by atoms with E-state index in [0.29, 0.717) is 30.4 Å². The summed E-state index contributed by atoms with van der Waals surface area (Å²) in [6, 6.07) is 12.5. The van der Waals surface area contributed by atoms with Crippen LogP contribution in [0.3, 0.4) is 0 Å². The highest BCUT2D eigenvalue weighted by atomic mass is 79.9. The van der Waals surface area contributed by atoms with Crippen molar-refractivity contribution >= 4 is 31.9 Å². The van der Waals surface area contributed by atoms with Crippen LogP contribution in [-0.2, 0) is 13.1 Å². The molecular weight excluding hydrogens is 441 g/mol. The summed E-state index contributed by atoms with van der Waals surface area (Å²) < 4.78 is 21.4. The van der Waals surface area contributed by atoms with Gasteiger partial charge in [0.05, 0.1) is 6.54 Å². The van der Waals surface area contributed by atoms with Crippen molar-refractivity contribution in [2.24, 2.45) is 0 Å². The van der Waals surface area contributed by atoms with E-state index in [1.807, 2.05) is 36.2 Å². The molecule has 0 aliphatic heterocycles. The summed E-state index contributed by atoms with van der Waals surface area (Å²) in [4.78, 5) is 1.92. The van der Waals surface area contributed by atoms with Crippen LogP contribution in [0, 0.1) is 5.82 Å². The molecule has 7 heteroatoms. The van der Waals surface area contributed by atoms with E-state index in [-0.39, 0.29) is 5.82 Å². The van der Waals surface area contributed by atoms with E-state index in [4.69, 9.17) is 4.42 Å². The van der Waals surface area contributed by atoms with Crippen LogP contribution in [0.5, 0.6) is 0 Å². The van der Waals surface area contributed by atoms with Gasteiger partial charge in [0.2, 0.25) is 11.8 Å². The standard InChI is InChI=1S/C17H14Br2FN3O/c1-23(9-12-8-14(19)6-7-15(12)20)10-16-21-22-17(24-16)11-2-4-13(18)5-3-11/h2-8H,9-10H2,1H3. The van der Waals surface area contributed by atoms with Gasteiger partial charge in [-0.3, -0.25) is 4.90 Å². The first kappa shape index (κ1) is 17.3. The molecular formula is C17H14Br2FN3O. The van der Waals surface area contributed by atoms with Crippen LogP contribution in [0.1, 0.15) is 11.5 Å². The van der Waals surface area contributed by atoms with Gasteiger partial charge in [-0.2, -0.15) is 0 Å². The maximum absolute atomic E-state index is 13.8. The largest absolute Gasteiger partial charge is 0.419 e. The Kier molecular flexibility index (Phi) is 5.43. The SMILES string of the molecule is CN(Cc1nnc(-c2ccc(Br)cc2)o1)Cc1cc(Br)ccc1F. The van der Waals surface area contributed by atoms with Crippen LogP contribution in [0.2, 0.25) is 0 Å². The van der Waals surface area contributed by atoms with Crippen LogP contribution in [0.25, 0.3) is 11.5 Å². The lowest BCUT2D eigenvalue weighted by Gasteiger charge is -2.15. The van der Waals surface area contributed by atoms with E-state index in [2.05, 4.69) is 42.1 Å². The molecule has 1 aromatic heterocycles. The van der Waals surface area contributed by atoms with Gasteiger partial charge >= 0.3 is 0 Å². The maximum Gasteiger partial charge on any atom is 0.247 e. The Hall–Kier alpha value is -1.57. The van der Waals surface area contributed by atoms with Gasteiger partial charge in [-0.25, -0.2) is 4.39 Å². The van der Waals surface area contributed by atoms with Gasteiger partial charge in [0.25, 0.3) is 0 Å². The average molecular weight is 455 g/mol. The first-order chi connectivity index (χ1) is 11.5. The Balaban J connectivity index is 1.68. The monoisotopic (exact) mass is 453 g/mol. The number of aromatic nitrogens is 2. The summed E-state index contributed by atoms with van der Waals surface area (Å²) in [5, 5.41) is 8.13. The highest BCUT2D eigenvalue weighted by Gasteiger charge is 2.12. The van der Waals surface area contributed by atoms with Gasteiger partial charge in [0.1, 0.15) is 5.82 Å². The number of hydrogen-bond donors (Lipinski definition) is 0. The van der Waals surface area contributed by atoms with Crippen molar-refractivity contribution in [1.29, 1.82) is 0 Å². The number of hydrogen-bond acceptors (Lipinski definition) is 4. The lowest BCUT2D eigenvalue weighted by atomic mass is 10.2. The van der Waals surface area contributed by atoms with Crippen molar-refractivity contribution in [3.05, 3.63) is 68.7 Å². The number of halogens is 3. The van der Waals surface area contributed by atoms with Gasteiger partial charge in [0, 0.05) is 26.6 Å². The molecule has 0 amide bonds. The molecule has 24 heavy (non-hydrogen) atoms. The molecule has 0 saturated carbocycles. The van der Waals surface area contributed by atoms with Crippen LogP contribution in [0.15, 0.2) is 55.8 Å². The number of rotatable bonds is 5. The summed E-state index contributed by atoms with van der Waals surface area (Å²) in [6.07, 6.45) is 0. The topological polar surface area (TPSA) is 42.2 Å². The minimum Gasteiger partial charge on any atom is -0.419 e. The van der Waals surface area contributed by atoms with Crippen molar-refractivity contribution in [3.8, 4) is 11.5 Å². The molecule has 2 aromatic carbocycles. The molecule has 0 spiro atoms. The Morgan fingerprint density at radius 1 is 1.00 bits per heavy atom. The number of benzene rings is 2. The van der Waals surface area contributed by atoms with E-state index in [1.165, 1.54) is 6.07 Å². The quantitative estimate of drug-likeness (QED) is 0.542. The molecule has 3 rings (SSSR count). The summed E-state index contributed by atoms with van der Waals surface area (Å²) in [6.45, 7) is 0.886. The minimum atomic E-state index is -0.230. The Labute approximate surface area is 156 Å². The predicted octanol–water partition coefficient (Wildman–Crippen LogP) is 5.03. The molecule has 0 N–H and O–H groups in total. The molecule has 0 unspecified atom stereocenters. The van der Waals surface area contributed by atoms with E-state index in [1.54, 1.807) is 12.1 Å². The van der Waals surface area contributed by atoms with Gasteiger partial charge in [-0.1, -0.05) is 31.9 Å². The van der Waals surface area contributed by atoms with Crippen molar-refractivity contribution in [1.82, 2.24) is 15.1 Å². The zero-order chi connectivity index (χ0) is 17.1. The zero-order valence-electron chi connectivity index (χ0n) is 12.8. The molecule has 0 saturated heterocycles. The highest BCUT2D eigenvalue weighted by molar-refractivity contribution is 9.10. The van der Waals surface area contributed by atoms with Crippen LogP contribution in [-0.4, -0.2) is 22.1 Å². The zero-order valence-corrected chi connectivity index (χ0v) is 16.0. The Morgan fingerprint density at radius 2 is 1.71 bits per heavy atom. The second kappa shape index (κ2) is 7.55. The molecule has 0 radical (unpaired) electrons. The fraction of sp³-hybridized carbons (Fsp3) is 0.176. The normalized spacial score (nSPS) is 11.2. The molecule has 0 fully saturated rings.